The maximum Gasteiger partial charge on any atom is 0.259 e. The van der Waals surface area contributed by atoms with Crippen molar-refractivity contribution >= 4 is 5.91 Å². The molecule has 0 aliphatic rings. The topological polar surface area (TPSA) is 41.6 Å². The molecule has 4 nitrogen and oxygen atoms in total. The maximum atomic E-state index is 11.4. The predicted molar refractivity (Wildman–Crippen MR) is 72.7 cm³/mol. The van der Waals surface area contributed by atoms with Gasteiger partial charge in [0.2, 0.25) is 0 Å². The molecular formula is C14H22N2O2. The zero-order valence-corrected chi connectivity index (χ0v) is 11.6. The lowest BCUT2D eigenvalue weighted by Gasteiger charge is -2.15. The Labute approximate surface area is 109 Å². The van der Waals surface area contributed by atoms with Crippen molar-refractivity contribution in [3.05, 3.63) is 29.8 Å². The van der Waals surface area contributed by atoms with Crippen LogP contribution in [0.4, 0.5) is 0 Å². The van der Waals surface area contributed by atoms with Crippen LogP contribution in [0, 0.1) is 0 Å². The summed E-state index contributed by atoms with van der Waals surface area (Å²) >= 11 is 0. The van der Waals surface area contributed by atoms with Crippen LogP contribution in [-0.2, 0) is 4.79 Å². The molecule has 1 aromatic rings. The fourth-order valence-corrected chi connectivity index (χ4v) is 1.68. The van der Waals surface area contributed by atoms with Crippen molar-refractivity contribution < 1.29 is 9.53 Å². The van der Waals surface area contributed by atoms with Crippen molar-refractivity contribution in [1.82, 2.24) is 10.2 Å². The molecule has 0 spiro atoms. The van der Waals surface area contributed by atoms with Gasteiger partial charge in [0.15, 0.2) is 6.61 Å². The summed E-state index contributed by atoms with van der Waals surface area (Å²) in [5.41, 5.74) is 1.23. The van der Waals surface area contributed by atoms with Gasteiger partial charge in [0.1, 0.15) is 5.75 Å². The summed E-state index contributed by atoms with van der Waals surface area (Å²) in [7, 11) is 5.38. The lowest BCUT2D eigenvalue weighted by Crippen LogP contribution is -2.27. The fraction of sp³-hybridized carbons (Fsp3) is 0.500. The Morgan fingerprint density at radius 1 is 1.33 bits per heavy atom. The van der Waals surface area contributed by atoms with E-state index in [0.29, 0.717) is 6.04 Å². The Morgan fingerprint density at radius 3 is 2.39 bits per heavy atom. The number of nitrogens with zero attached hydrogens (tertiary/aromatic N) is 1. The number of amides is 1. The molecule has 0 radical (unpaired) electrons. The van der Waals surface area contributed by atoms with Gasteiger partial charge in [-0.15, -0.1) is 0 Å². The number of nitrogens with one attached hydrogen (secondary N) is 1. The van der Waals surface area contributed by atoms with Crippen molar-refractivity contribution in [2.24, 2.45) is 0 Å². The first kappa shape index (κ1) is 14.5. The molecule has 0 aromatic heterocycles. The van der Waals surface area contributed by atoms with E-state index < -0.39 is 0 Å². The van der Waals surface area contributed by atoms with Crippen molar-refractivity contribution in [1.29, 1.82) is 0 Å². The summed E-state index contributed by atoms with van der Waals surface area (Å²) in [4.78, 5) is 12.9. The third-order valence-electron chi connectivity index (χ3n) is 2.90. The summed E-state index contributed by atoms with van der Waals surface area (Å²) in [6, 6.07) is 8.22. The van der Waals surface area contributed by atoms with Crippen LogP contribution in [0.15, 0.2) is 24.3 Å². The summed E-state index contributed by atoms with van der Waals surface area (Å²) in [5, 5.41) is 3.25. The number of ether oxygens (including phenoxy) is 1. The highest BCUT2D eigenvalue weighted by Gasteiger charge is 2.07. The highest BCUT2D eigenvalue weighted by Crippen LogP contribution is 2.19. The Kier molecular flexibility index (Phi) is 5.65. The normalized spacial score (nSPS) is 12.0. The lowest BCUT2D eigenvalue weighted by molar-refractivity contribution is -0.130. The SMILES string of the molecule is CCC(NC)c1ccc(OCC(=O)N(C)C)cc1. The number of likely N-dealkylation sites (N-methyl/N-ethyl adjacent to an activating group) is 1. The zero-order valence-electron chi connectivity index (χ0n) is 11.6. The van der Waals surface area contributed by atoms with E-state index in [1.807, 2.05) is 31.3 Å². The highest BCUT2D eigenvalue weighted by atomic mass is 16.5. The Morgan fingerprint density at radius 2 is 1.94 bits per heavy atom. The van der Waals surface area contributed by atoms with E-state index in [9.17, 15) is 4.79 Å². The molecule has 1 amide bonds. The molecule has 0 saturated heterocycles. The molecule has 100 valence electrons. The average Bonchev–Trinajstić information content (AvgIpc) is 2.38. The summed E-state index contributed by atoms with van der Waals surface area (Å²) in [5.74, 6) is 0.681. The highest BCUT2D eigenvalue weighted by molar-refractivity contribution is 5.77. The maximum absolute atomic E-state index is 11.4. The van der Waals surface area contributed by atoms with Gasteiger partial charge in [-0.2, -0.15) is 0 Å². The molecule has 1 unspecified atom stereocenters. The first-order chi connectivity index (χ1) is 8.58. The molecule has 0 saturated carbocycles. The number of hydrogen-bond acceptors (Lipinski definition) is 3. The van der Waals surface area contributed by atoms with E-state index in [-0.39, 0.29) is 12.5 Å². The van der Waals surface area contributed by atoms with Crippen LogP contribution in [-0.4, -0.2) is 38.6 Å². The molecular weight excluding hydrogens is 228 g/mol. The Balaban J connectivity index is 2.58. The molecule has 0 aliphatic carbocycles. The van der Waals surface area contributed by atoms with Crippen LogP contribution in [0.25, 0.3) is 0 Å². The molecule has 1 aromatic carbocycles. The standard InChI is InChI=1S/C14H22N2O2/c1-5-13(15-2)11-6-8-12(9-7-11)18-10-14(17)16(3)4/h6-9,13,15H,5,10H2,1-4H3. The predicted octanol–water partition coefficient (Wildman–Crippen LogP) is 1.82. The van der Waals surface area contributed by atoms with Gasteiger partial charge in [0.25, 0.3) is 5.91 Å². The summed E-state index contributed by atoms with van der Waals surface area (Å²) in [6.07, 6.45) is 1.04. The minimum Gasteiger partial charge on any atom is -0.484 e. The van der Waals surface area contributed by atoms with Gasteiger partial charge in [-0.25, -0.2) is 0 Å². The number of rotatable bonds is 6. The van der Waals surface area contributed by atoms with Crippen molar-refractivity contribution in [3.8, 4) is 5.75 Å². The molecule has 0 fully saturated rings. The molecule has 1 N–H and O–H groups in total. The van der Waals surface area contributed by atoms with Crippen molar-refractivity contribution in [2.75, 3.05) is 27.7 Å². The summed E-state index contributed by atoms with van der Waals surface area (Å²) in [6.45, 7) is 2.22. The molecule has 4 heteroatoms. The quantitative estimate of drug-likeness (QED) is 0.837. The smallest absolute Gasteiger partial charge is 0.259 e. The second-order valence-electron chi connectivity index (χ2n) is 4.40. The van der Waals surface area contributed by atoms with Crippen LogP contribution >= 0.6 is 0 Å². The Hall–Kier alpha value is -1.55. The van der Waals surface area contributed by atoms with E-state index in [0.717, 1.165) is 12.2 Å². The van der Waals surface area contributed by atoms with Gasteiger partial charge in [-0.1, -0.05) is 19.1 Å². The van der Waals surface area contributed by atoms with Crippen LogP contribution in [0.5, 0.6) is 5.75 Å². The van der Waals surface area contributed by atoms with Crippen molar-refractivity contribution in [2.45, 2.75) is 19.4 Å². The second kappa shape index (κ2) is 7.01. The minimum absolute atomic E-state index is 0.0410. The molecule has 1 rings (SSSR count). The number of carbonyl (C=O) groups is 1. The van der Waals surface area contributed by atoms with E-state index in [1.54, 1.807) is 14.1 Å². The van der Waals surface area contributed by atoms with Gasteiger partial charge in [0.05, 0.1) is 0 Å². The van der Waals surface area contributed by atoms with Gasteiger partial charge in [0, 0.05) is 20.1 Å². The molecule has 0 heterocycles. The number of benzene rings is 1. The van der Waals surface area contributed by atoms with E-state index >= 15 is 0 Å². The van der Waals surface area contributed by atoms with Crippen LogP contribution < -0.4 is 10.1 Å². The summed E-state index contributed by atoms with van der Waals surface area (Å²) < 4.78 is 5.42. The first-order valence-electron chi connectivity index (χ1n) is 6.18. The molecule has 0 bridgehead atoms. The number of hydrogen-bond donors (Lipinski definition) is 1. The second-order valence-corrected chi connectivity index (χ2v) is 4.40. The molecule has 18 heavy (non-hydrogen) atoms. The van der Waals surface area contributed by atoms with Gasteiger partial charge in [-0.05, 0) is 31.2 Å². The van der Waals surface area contributed by atoms with Gasteiger partial charge >= 0.3 is 0 Å². The zero-order chi connectivity index (χ0) is 13.5. The third kappa shape index (κ3) is 4.04. The van der Waals surface area contributed by atoms with Crippen LogP contribution in [0.1, 0.15) is 24.9 Å². The van der Waals surface area contributed by atoms with Gasteiger partial charge in [-0.3, -0.25) is 4.79 Å². The average molecular weight is 250 g/mol. The van der Waals surface area contributed by atoms with E-state index in [2.05, 4.69) is 12.2 Å². The molecule has 1 atom stereocenters. The fourth-order valence-electron chi connectivity index (χ4n) is 1.68. The van der Waals surface area contributed by atoms with Crippen LogP contribution in [0.3, 0.4) is 0 Å². The largest absolute Gasteiger partial charge is 0.484 e. The number of carbonyl (C=O) groups excluding carboxylic acids is 1. The first-order valence-corrected chi connectivity index (χ1v) is 6.18. The third-order valence-corrected chi connectivity index (χ3v) is 2.90. The lowest BCUT2D eigenvalue weighted by atomic mass is 10.1. The monoisotopic (exact) mass is 250 g/mol. The van der Waals surface area contributed by atoms with E-state index in [1.165, 1.54) is 10.5 Å². The molecule has 0 aliphatic heterocycles. The van der Waals surface area contributed by atoms with Crippen LogP contribution in [0.2, 0.25) is 0 Å². The minimum atomic E-state index is -0.0410. The van der Waals surface area contributed by atoms with E-state index in [4.69, 9.17) is 4.74 Å². The van der Waals surface area contributed by atoms with Crippen molar-refractivity contribution in [3.63, 3.8) is 0 Å². The Bertz CT molecular complexity index is 370. The van der Waals surface area contributed by atoms with Gasteiger partial charge < -0.3 is 15.0 Å².